The lowest BCUT2D eigenvalue weighted by molar-refractivity contribution is 0.780. The van der Waals surface area contributed by atoms with Crippen molar-refractivity contribution in [3.8, 4) is 0 Å². The Kier molecular flexibility index (Phi) is 3.10. The lowest BCUT2D eigenvalue weighted by atomic mass is 10.2. The summed E-state index contributed by atoms with van der Waals surface area (Å²) in [5.74, 6) is 2.24. The molecule has 0 fully saturated rings. The molecule has 0 aliphatic carbocycles. The van der Waals surface area contributed by atoms with Crippen LogP contribution in [0.2, 0.25) is 0 Å². The normalized spacial score (nSPS) is 11.6. The van der Waals surface area contributed by atoms with Crippen LogP contribution in [0, 0.1) is 0 Å². The first-order chi connectivity index (χ1) is 7.58. The van der Waals surface area contributed by atoms with Gasteiger partial charge in [-0.15, -0.1) is 11.3 Å². The molecular formula is C12H17N3S. The van der Waals surface area contributed by atoms with Gasteiger partial charge in [-0.2, -0.15) is 0 Å². The van der Waals surface area contributed by atoms with Crippen molar-refractivity contribution in [1.82, 2.24) is 9.97 Å². The van der Waals surface area contributed by atoms with Crippen molar-refractivity contribution in [3.63, 3.8) is 0 Å². The molecule has 16 heavy (non-hydrogen) atoms. The minimum Gasteiger partial charge on any atom is -0.367 e. The number of nitrogens with one attached hydrogen (secondary N) is 1. The maximum Gasteiger partial charge on any atom is 0.138 e. The topological polar surface area (TPSA) is 37.8 Å². The van der Waals surface area contributed by atoms with Gasteiger partial charge < -0.3 is 5.32 Å². The van der Waals surface area contributed by atoms with Crippen LogP contribution in [0.4, 0.5) is 5.82 Å². The van der Waals surface area contributed by atoms with E-state index in [4.69, 9.17) is 0 Å². The molecule has 0 bridgehead atoms. The molecule has 0 aromatic carbocycles. The molecule has 3 nitrogen and oxygen atoms in total. The van der Waals surface area contributed by atoms with Crippen molar-refractivity contribution in [2.24, 2.45) is 0 Å². The monoisotopic (exact) mass is 235 g/mol. The number of anilines is 1. The fourth-order valence-corrected chi connectivity index (χ4v) is 2.28. The van der Waals surface area contributed by atoms with E-state index in [1.807, 2.05) is 0 Å². The Morgan fingerprint density at radius 2 is 1.94 bits per heavy atom. The number of nitrogens with zero attached hydrogens (tertiary/aromatic N) is 2. The maximum atomic E-state index is 4.60. The van der Waals surface area contributed by atoms with E-state index in [9.17, 15) is 0 Å². The Labute approximate surface area is 99.9 Å². The first kappa shape index (κ1) is 11.3. The van der Waals surface area contributed by atoms with Crippen LogP contribution in [0.15, 0.2) is 11.4 Å². The molecule has 2 heterocycles. The van der Waals surface area contributed by atoms with Crippen LogP contribution in [0.25, 0.3) is 10.2 Å². The molecular weight excluding hydrogens is 218 g/mol. The Balaban J connectivity index is 2.54. The number of thiophene rings is 1. The van der Waals surface area contributed by atoms with Crippen molar-refractivity contribution < 1.29 is 0 Å². The highest BCUT2D eigenvalue weighted by atomic mass is 32.1. The summed E-state index contributed by atoms with van der Waals surface area (Å²) in [7, 11) is 0. The van der Waals surface area contributed by atoms with Gasteiger partial charge in [0.15, 0.2) is 0 Å². The molecule has 4 heteroatoms. The van der Waals surface area contributed by atoms with Crippen LogP contribution in [-0.2, 0) is 0 Å². The lowest BCUT2D eigenvalue weighted by Gasteiger charge is -2.12. The first-order valence-corrected chi connectivity index (χ1v) is 6.47. The molecule has 2 aromatic heterocycles. The van der Waals surface area contributed by atoms with E-state index in [2.05, 4.69) is 54.4 Å². The van der Waals surface area contributed by atoms with Gasteiger partial charge in [-0.1, -0.05) is 13.8 Å². The third-order valence-corrected chi connectivity index (χ3v) is 3.09. The largest absolute Gasteiger partial charge is 0.367 e. The minimum atomic E-state index is 0.360. The van der Waals surface area contributed by atoms with Gasteiger partial charge in [0.1, 0.15) is 16.5 Å². The van der Waals surface area contributed by atoms with Gasteiger partial charge in [0, 0.05) is 12.0 Å². The maximum absolute atomic E-state index is 4.60. The second-order valence-corrected chi connectivity index (χ2v) is 5.42. The van der Waals surface area contributed by atoms with E-state index in [0.29, 0.717) is 12.0 Å². The van der Waals surface area contributed by atoms with Gasteiger partial charge in [-0.05, 0) is 25.3 Å². The average Bonchev–Trinajstić information content (AvgIpc) is 2.64. The fraction of sp³-hybridized carbons (Fsp3) is 0.500. The lowest BCUT2D eigenvalue weighted by Crippen LogP contribution is -2.12. The number of rotatable bonds is 3. The van der Waals surface area contributed by atoms with Crippen LogP contribution in [0.1, 0.15) is 39.4 Å². The summed E-state index contributed by atoms with van der Waals surface area (Å²) in [5, 5.41) is 6.58. The summed E-state index contributed by atoms with van der Waals surface area (Å²) >= 11 is 1.67. The summed E-state index contributed by atoms with van der Waals surface area (Å²) < 4.78 is 0. The molecule has 0 atom stereocenters. The zero-order valence-electron chi connectivity index (χ0n) is 10.1. The van der Waals surface area contributed by atoms with Gasteiger partial charge in [-0.25, -0.2) is 9.97 Å². The molecule has 86 valence electrons. The van der Waals surface area contributed by atoms with Crippen molar-refractivity contribution in [2.45, 2.75) is 39.7 Å². The van der Waals surface area contributed by atoms with Crippen molar-refractivity contribution >= 4 is 27.4 Å². The van der Waals surface area contributed by atoms with E-state index in [0.717, 1.165) is 21.9 Å². The summed E-state index contributed by atoms with van der Waals surface area (Å²) in [6, 6.07) is 2.47. The van der Waals surface area contributed by atoms with E-state index in [-0.39, 0.29) is 0 Å². The van der Waals surface area contributed by atoms with Gasteiger partial charge >= 0.3 is 0 Å². The fourth-order valence-electron chi connectivity index (χ4n) is 1.51. The van der Waals surface area contributed by atoms with Crippen LogP contribution in [0.5, 0.6) is 0 Å². The third-order valence-electron chi connectivity index (χ3n) is 2.28. The Hall–Kier alpha value is -1.16. The SMILES string of the molecule is CC(C)Nc1nc(C(C)C)nc2sccc12. The molecule has 2 rings (SSSR count). The predicted molar refractivity (Wildman–Crippen MR) is 70.3 cm³/mol. The van der Waals surface area contributed by atoms with Gasteiger partial charge in [0.05, 0.1) is 5.39 Å². The summed E-state index contributed by atoms with van der Waals surface area (Å²) in [6.07, 6.45) is 0. The quantitative estimate of drug-likeness (QED) is 0.882. The van der Waals surface area contributed by atoms with E-state index < -0.39 is 0 Å². The third kappa shape index (κ3) is 2.16. The molecule has 0 saturated heterocycles. The van der Waals surface area contributed by atoms with Crippen molar-refractivity contribution in [2.75, 3.05) is 5.32 Å². The molecule has 0 spiro atoms. The number of hydrogen-bond acceptors (Lipinski definition) is 4. The molecule has 0 saturated carbocycles. The van der Waals surface area contributed by atoms with Crippen LogP contribution in [-0.4, -0.2) is 16.0 Å². The minimum absolute atomic E-state index is 0.360. The zero-order valence-corrected chi connectivity index (χ0v) is 10.9. The highest BCUT2D eigenvalue weighted by Crippen LogP contribution is 2.27. The predicted octanol–water partition coefficient (Wildman–Crippen LogP) is 3.64. The van der Waals surface area contributed by atoms with Crippen molar-refractivity contribution in [3.05, 3.63) is 17.3 Å². The zero-order chi connectivity index (χ0) is 11.7. The molecule has 0 aliphatic rings. The van der Waals surface area contributed by atoms with Gasteiger partial charge in [0.2, 0.25) is 0 Å². The smallest absolute Gasteiger partial charge is 0.138 e. The number of fused-ring (bicyclic) bond motifs is 1. The first-order valence-electron chi connectivity index (χ1n) is 5.59. The van der Waals surface area contributed by atoms with Crippen LogP contribution < -0.4 is 5.32 Å². The van der Waals surface area contributed by atoms with Gasteiger partial charge in [-0.3, -0.25) is 0 Å². The molecule has 0 amide bonds. The molecule has 2 aromatic rings. The van der Waals surface area contributed by atoms with E-state index in [1.54, 1.807) is 11.3 Å². The van der Waals surface area contributed by atoms with Crippen LogP contribution in [0.3, 0.4) is 0 Å². The molecule has 0 aliphatic heterocycles. The van der Waals surface area contributed by atoms with E-state index in [1.165, 1.54) is 0 Å². The summed E-state index contributed by atoms with van der Waals surface area (Å²) in [4.78, 5) is 10.2. The highest BCUT2D eigenvalue weighted by molar-refractivity contribution is 7.16. The molecule has 0 radical (unpaired) electrons. The Bertz CT molecular complexity index is 488. The molecule has 0 unspecified atom stereocenters. The van der Waals surface area contributed by atoms with Crippen LogP contribution >= 0.6 is 11.3 Å². The van der Waals surface area contributed by atoms with E-state index >= 15 is 0 Å². The van der Waals surface area contributed by atoms with Crippen molar-refractivity contribution in [1.29, 1.82) is 0 Å². The highest BCUT2D eigenvalue weighted by Gasteiger charge is 2.11. The standard InChI is InChI=1S/C12H17N3S/c1-7(2)10-14-11(13-8(3)4)9-5-6-16-12(9)15-10/h5-8H,1-4H3,(H,13,14,15). The molecule has 1 N–H and O–H groups in total. The number of hydrogen-bond donors (Lipinski definition) is 1. The summed E-state index contributed by atoms with van der Waals surface area (Å²) in [6.45, 7) is 8.48. The van der Waals surface area contributed by atoms with Gasteiger partial charge in [0.25, 0.3) is 0 Å². The average molecular weight is 235 g/mol. The summed E-state index contributed by atoms with van der Waals surface area (Å²) in [5.41, 5.74) is 0. The second kappa shape index (κ2) is 4.37. The Morgan fingerprint density at radius 3 is 2.56 bits per heavy atom. The Morgan fingerprint density at radius 1 is 1.19 bits per heavy atom. The second-order valence-electron chi connectivity index (χ2n) is 4.52. The number of aromatic nitrogens is 2.